The summed E-state index contributed by atoms with van der Waals surface area (Å²) in [7, 11) is 0. The van der Waals surface area contributed by atoms with Crippen LogP contribution in [0.3, 0.4) is 0 Å². The fourth-order valence-corrected chi connectivity index (χ4v) is 3.23. The summed E-state index contributed by atoms with van der Waals surface area (Å²) in [5, 5.41) is 9.24. The standard InChI is InChI=1S/C15H28N2O2/c18-13-14-7-6-8-16(11-14)12-15(19)17-9-4-2-1-3-5-10-17/h14,18H,1-13H2. The highest BCUT2D eigenvalue weighted by atomic mass is 16.3. The molecular weight excluding hydrogens is 240 g/mol. The van der Waals surface area contributed by atoms with Gasteiger partial charge in [-0.2, -0.15) is 0 Å². The molecule has 2 fully saturated rings. The van der Waals surface area contributed by atoms with Crippen molar-refractivity contribution in [2.45, 2.75) is 44.9 Å². The second kappa shape index (κ2) is 7.85. The number of carbonyl (C=O) groups is 1. The molecule has 1 atom stereocenters. The number of rotatable bonds is 3. The zero-order valence-corrected chi connectivity index (χ0v) is 12.0. The van der Waals surface area contributed by atoms with Crippen LogP contribution in [0.15, 0.2) is 0 Å². The van der Waals surface area contributed by atoms with Crippen molar-refractivity contribution in [3.8, 4) is 0 Å². The molecule has 0 spiro atoms. The number of carbonyl (C=O) groups excluding carboxylic acids is 1. The van der Waals surface area contributed by atoms with Gasteiger partial charge in [0.05, 0.1) is 6.54 Å². The van der Waals surface area contributed by atoms with E-state index >= 15 is 0 Å². The number of hydrogen-bond acceptors (Lipinski definition) is 3. The van der Waals surface area contributed by atoms with E-state index in [1.165, 1.54) is 19.3 Å². The van der Waals surface area contributed by atoms with Gasteiger partial charge in [-0.25, -0.2) is 0 Å². The normalized spacial score (nSPS) is 26.8. The highest BCUT2D eigenvalue weighted by Gasteiger charge is 2.23. The molecule has 2 saturated heterocycles. The van der Waals surface area contributed by atoms with E-state index in [0.717, 1.165) is 51.9 Å². The van der Waals surface area contributed by atoms with Gasteiger partial charge in [0.15, 0.2) is 0 Å². The Kier molecular flexibility index (Phi) is 6.11. The molecule has 1 N–H and O–H groups in total. The van der Waals surface area contributed by atoms with E-state index in [1.807, 2.05) is 0 Å². The molecular formula is C15H28N2O2. The van der Waals surface area contributed by atoms with Gasteiger partial charge in [0, 0.05) is 26.2 Å². The van der Waals surface area contributed by atoms with Crippen molar-refractivity contribution in [1.82, 2.24) is 9.80 Å². The van der Waals surface area contributed by atoms with Gasteiger partial charge in [0.2, 0.25) is 5.91 Å². The van der Waals surface area contributed by atoms with Crippen LogP contribution in [-0.4, -0.2) is 60.1 Å². The van der Waals surface area contributed by atoms with Gasteiger partial charge in [-0.15, -0.1) is 0 Å². The van der Waals surface area contributed by atoms with E-state index in [-0.39, 0.29) is 6.61 Å². The summed E-state index contributed by atoms with van der Waals surface area (Å²) in [4.78, 5) is 16.6. The van der Waals surface area contributed by atoms with Crippen LogP contribution >= 0.6 is 0 Å². The lowest BCUT2D eigenvalue weighted by atomic mass is 9.99. The minimum Gasteiger partial charge on any atom is -0.396 e. The number of nitrogens with zero attached hydrogens (tertiary/aromatic N) is 2. The van der Waals surface area contributed by atoms with Crippen molar-refractivity contribution < 1.29 is 9.90 Å². The molecule has 2 heterocycles. The monoisotopic (exact) mass is 268 g/mol. The molecule has 1 amide bonds. The van der Waals surface area contributed by atoms with Crippen LogP contribution in [-0.2, 0) is 4.79 Å². The third-order valence-electron chi connectivity index (χ3n) is 4.43. The number of aliphatic hydroxyl groups excluding tert-OH is 1. The van der Waals surface area contributed by atoms with Crippen molar-refractivity contribution in [3.63, 3.8) is 0 Å². The van der Waals surface area contributed by atoms with Crippen LogP contribution in [0.25, 0.3) is 0 Å². The first-order valence-corrected chi connectivity index (χ1v) is 7.90. The summed E-state index contributed by atoms with van der Waals surface area (Å²) in [5.74, 6) is 0.661. The Morgan fingerprint density at radius 3 is 2.37 bits per heavy atom. The second-order valence-electron chi connectivity index (χ2n) is 6.07. The van der Waals surface area contributed by atoms with Crippen molar-refractivity contribution in [2.75, 3.05) is 39.3 Å². The molecule has 19 heavy (non-hydrogen) atoms. The zero-order chi connectivity index (χ0) is 13.5. The Hall–Kier alpha value is -0.610. The number of likely N-dealkylation sites (tertiary alicyclic amines) is 2. The first kappa shape index (κ1) is 14.8. The van der Waals surface area contributed by atoms with Gasteiger partial charge >= 0.3 is 0 Å². The zero-order valence-electron chi connectivity index (χ0n) is 12.0. The SMILES string of the molecule is O=C(CN1CCCC(CO)C1)N1CCCCCCC1. The van der Waals surface area contributed by atoms with E-state index in [2.05, 4.69) is 9.80 Å². The van der Waals surface area contributed by atoms with E-state index in [9.17, 15) is 9.90 Å². The lowest BCUT2D eigenvalue weighted by Gasteiger charge is -2.33. The van der Waals surface area contributed by atoms with Gasteiger partial charge in [-0.1, -0.05) is 19.3 Å². The topological polar surface area (TPSA) is 43.8 Å². The smallest absolute Gasteiger partial charge is 0.236 e. The molecule has 4 heteroatoms. The van der Waals surface area contributed by atoms with E-state index in [1.54, 1.807) is 0 Å². The Balaban J connectivity index is 1.78. The highest BCUT2D eigenvalue weighted by molar-refractivity contribution is 5.78. The fraction of sp³-hybridized carbons (Fsp3) is 0.933. The lowest BCUT2D eigenvalue weighted by Crippen LogP contribution is -2.45. The second-order valence-corrected chi connectivity index (χ2v) is 6.07. The van der Waals surface area contributed by atoms with Crippen LogP contribution < -0.4 is 0 Å². The molecule has 0 aromatic carbocycles. The molecule has 0 aliphatic carbocycles. The number of piperidine rings is 1. The van der Waals surface area contributed by atoms with E-state index < -0.39 is 0 Å². The summed E-state index contributed by atoms with van der Waals surface area (Å²) in [6.07, 6.45) is 8.38. The molecule has 0 aromatic rings. The lowest BCUT2D eigenvalue weighted by molar-refractivity contribution is -0.133. The molecule has 110 valence electrons. The molecule has 2 rings (SSSR count). The quantitative estimate of drug-likeness (QED) is 0.843. The van der Waals surface area contributed by atoms with Crippen LogP contribution in [0.5, 0.6) is 0 Å². The Bertz CT molecular complexity index is 275. The van der Waals surface area contributed by atoms with Crippen LogP contribution in [0.1, 0.15) is 44.9 Å². The molecule has 4 nitrogen and oxygen atoms in total. The van der Waals surface area contributed by atoms with Crippen LogP contribution in [0.4, 0.5) is 0 Å². The minimum absolute atomic E-state index is 0.258. The predicted molar refractivity (Wildman–Crippen MR) is 75.9 cm³/mol. The highest BCUT2D eigenvalue weighted by Crippen LogP contribution is 2.16. The first-order valence-electron chi connectivity index (χ1n) is 7.90. The molecule has 1 unspecified atom stereocenters. The summed E-state index contributed by atoms with van der Waals surface area (Å²) >= 11 is 0. The van der Waals surface area contributed by atoms with Crippen molar-refractivity contribution >= 4 is 5.91 Å². The third-order valence-corrected chi connectivity index (χ3v) is 4.43. The van der Waals surface area contributed by atoms with Gasteiger partial charge in [-0.3, -0.25) is 9.69 Å². The molecule has 0 bridgehead atoms. The maximum absolute atomic E-state index is 12.3. The maximum Gasteiger partial charge on any atom is 0.236 e. The number of hydrogen-bond donors (Lipinski definition) is 1. The minimum atomic E-state index is 0.258. The molecule has 2 aliphatic heterocycles. The van der Waals surface area contributed by atoms with Crippen LogP contribution in [0.2, 0.25) is 0 Å². The van der Waals surface area contributed by atoms with E-state index in [4.69, 9.17) is 0 Å². The molecule has 0 aromatic heterocycles. The van der Waals surface area contributed by atoms with E-state index in [0.29, 0.717) is 18.4 Å². The predicted octanol–water partition coefficient (Wildman–Crippen LogP) is 1.48. The van der Waals surface area contributed by atoms with Crippen molar-refractivity contribution in [3.05, 3.63) is 0 Å². The largest absolute Gasteiger partial charge is 0.396 e. The molecule has 2 aliphatic rings. The third kappa shape index (κ3) is 4.77. The van der Waals surface area contributed by atoms with Crippen molar-refractivity contribution in [1.29, 1.82) is 0 Å². The average molecular weight is 268 g/mol. The number of amides is 1. The average Bonchev–Trinajstić information content (AvgIpc) is 2.38. The summed E-state index contributed by atoms with van der Waals surface area (Å²) in [6.45, 7) is 4.59. The van der Waals surface area contributed by atoms with Crippen LogP contribution in [0, 0.1) is 5.92 Å². The Labute approximate surface area is 116 Å². The Morgan fingerprint density at radius 1 is 1.00 bits per heavy atom. The summed E-state index contributed by atoms with van der Waals surface area (Å²) < 4.78 is 0. The van der Waals surface area contributed by atoms with Gasteiger partial charge < -0.3 is 10.0 Å². The van der Waals surface area contributed by atoms with Gasteiger partial charge in [0.25, 0.3) is 0 Å². The summed E-state index contributed by atoms with van der Waals surface area (Å²) in [5.41, 5.74) is 0. The number of aliphatic hydroxyl groups is 1. The van der Waals surface area contributed by atoms with Gasteiger partial charge in [0.1, 0.15) is 0 Å². The fourth-order valence-electron chi connectivity index (χ4n) is 3.23. The molecule has 0 radical (unpaired) electrons. The molecule has 0 saturated carbocycles. The van der Waals surface area contributed by atoms with Crippen molar-refractivity contribution in [2.24, 2.45) is 5.92 Å². The van der Waals surface area contributed by atoms with Gasteiger partial charge in [-0.05, 0) is 38.1 Å². The Morgan fingerprint density at radius 2 is 1.68 bits per heavy atom. The first-order chi connectivity index (χ1) is 9.29. The summed E-state index contributed by atoms with van der Waals surface area (Å²) in [6, 6.07) is 0. The maximum atomic E-state index is 12.3.